The molecule has 86 valence electrons. The van der Waals surface area contributed by atoms with E-state index in [9.17, 15) is 9.18 Å². The van der Waals surface area contributed by atoms with Crippen molar-refractivity contribution in [2.24, 2.45) is 5.10 Å². The zero-order chi connectivity index (χ0) is 12.0. The molecule has 1 rings (SSSR count). The third-order valence-corrected chi connectivity index (χ3v) is 2.07. The molecule has 0 fully saturated rings. The number of hydrogen-bond donors (Lipinski definition) is 1. The fourth-order valence-electron chi connectivity index (χ4n) is 1.23. The van der Waals surface area contributed by atoms with Crippen molar-refractivity contribution in [2.75, 3.05) is 0 Å². The molecule has 16 heavy (non-hydrogen) atoms. The second kappa shape index (κ2) is 6.00. The smallest absolute Gasteiger partial charge is 0.267 e. The van der Waals surface area contributed by atoms with E-state index in [1.54, 1.807) is 0 Å². The molecule has 0 spiro atoms. The van der Waals surface area contributed by atoms with Crippen molar-refractivity contribution in [3.8, 4) is 0 Å². The van der Waals surface area contributed by atoms with E-state index in [-0.39, 0.29) is 11.7 Å². The fourth-order valence-corrected chi connectivity index (χ4v) is 1.23. The molecule has 0 unspecified atom stereocenters. The molecule has 0 aliphatic carbocycles. The van der Waals surface area contributed by atoms with E-state index < -0.39 is 0 Å². The van der Waals surface area contributed by atoms with Crippen LogP contribution < -0.4 is 5.43 Å². The van der Waals surface area contributed by atoms with Gasteiger partial charge in [-0.2, -0.15) is 5.10 Å². The minimum atomic E-state index is -0.359. The van der Waals surface area contributed by atoms with Crippen molar-refractivity contribution in [1.29, 1.82) is 0 Å². The van der Waals surface area contributed by atoms with Gasteiger partial charge in [-0.3, -0.25) is 4.79 Å². The number of amides is 1. The van der Waals surface area contributed by atoms with E-state index in [1.165, 1.54) is 24.3 Å². The van der Waals surface area contributed by atoms with Crippen LogP contribution >= 0.6 is 0 Å². The van der Waals surface area contributed by atoms with Crippen molar-refractivity contribution < 1.29 is 9.18 Å². The van der Waals surface area contributed by atoms with Gasteiger partial charge in [0.1, 0.15) is 5.82 Å². The third kappa shape index (κ3) is 3.81. The third-order valence-electron chi connectivity index (χ3n) is 2.07. The Kier molecular flexibility index (Phi) is 4.64. The van der Waals surface area contributed by atoms with Gasteiger partial charge >= 0.3 is 0 Å². The summed E-state index contributed by atoms with van der Waals surface area (Å²) in [6.45, 7) is 3.90. The first-order chi connectivity index (χ1) is 7.63. The lowest BCUT2D eigenvalue weighted by molar-refractivity contribution is 0.0954. The molecule has 1 amide bonds. The predicted molar refractivity (Wildman–Crippen MR) is 61.9 cm³/mol. The van der Waals surface area contributed by atoms with Crippen molar-refractivity contribution in [1.82, 2.24) is 5.43 Å². The summed E-state index contributed by atoms with van der Waals surface area (Å²) in [7, 11) is 0. The molecule has 4 heteroatoms. The summed E-state index contributed by atoms with van der Waals surface area (Å²) in [4.78, 5) is 11.5. The van der Waals surface area contributed by atoms with Crippen LogP contribution in [0, 0.1) is 5.82 Å². The fraction of sp³-hybridized carbons (Fsp3) is 0.333. The Morgan fingerprint density at radius 3 is 2.56 bits per heavy atom. The number of benzene rings is 1. The molecule has 0 radical (unpaired) electrons. The molecule has 0 aliphatic heterocycles. The van der Waals surface area contributed by atoms with Crippen LogP contribution in [0.3, 0.4) is 0 Å². The van der Waals surface area contributed by atoms with E-state index in [2.05, 4.69) is 10.5 Å². The van der Waals surface area contributed by atoms with Gasteiger partial charge in [-0.1, -0.05) is 13.3 Å². The minimum Gasteiger partial charge on any atom is -0.267 e. The van der Waals surface area contributed by atoms with Gasteiger partial charge < -0.3 is 0 Å². The monoisotopic (exact) mass is 222 g/mol. The first-order valence-corrected chi connectivity index (χ1v) is 5.22. The summed E-state index contributed by atoms with van der Waals surface area (Å²) in [5.74, 6) is -0.683. The number of hydrazone groups is 1. The SMILES string of the molecule is CCC/C(C)=N/NC(=O)c1ccc(F)cc1. The first kappa shape index (κ1) is 12.4. The zero-order valence-electron chi connectivity index (χ0n) is 9.46. The Balaban J connectivity index is 2.59. The maximum atomic E-state index is 12.6. The van der Waals surface area contributed by atoms with Gasteiger partial charge in [0, 0.05) is 11.3 Å². The topological polar surface area (TPSA) is 41.5 Å². The Bertz CT molecular complexity index is 385. The Hall–Kier alpha value is -1.71. The average Bonchev–Trinajstić information content (AvgIpc) is 2.27. The lowest BCUT2D eigenvalue weighted by Gasteiger charge is -2.01. The standard InChI is InChI=1S/C12H15FN2O/c1-3-4-9(2)14-15-12(16)10-5-7-11(13)8-6-10/h5-8H,3-4H2,1-2H3,(H,15,16)/b14-9+. The Morgan fingerprint density at radius 2 is 2.00 bits per heavy atom. The van der Waals surface area contributed by atoms with Crippen molar-refractivity contribution in [2.45, 2.75) is 26.7 Å². The van der Waals surface area contributed by atoms with E-state index in [0.29, 0.717) is 5.56 Å². The van der Waals surface area contributed by atoms with Crippen LogP contribution in [0.5, 0.6) is 0 Å². The molecule has 0 aromatic heterocycles. The Morgan fingerprint density at radius 1 is 1.38 bits per heavy atom. The van der Waals surface area contributed by atoms with Crippen LogP contribution in [0.4, 0.5) is 4.39 Å². The van der Waals surface area contributed by atoms with Gasteiger partial charge in [0.2, 0.25) is 0 Å². The lowest BCUT2D eigenvalue weighted by atomic mass is 10.2. The zero-order valence-corrected chi connectivity index (χ0v) is 9.46. The van der Waals surface area contributed by atoms with Gasteiger partial charge in [0.05, 0.1) is 0 Å². The molecule has 0 saturated carbocycles. The van der Waals surface area contributed by atoms with Crippen LogP contribution in [-0.4, -0.2) is 11.6 Å². The molecule has 0 heterocycles. The van der Waals surface area contributed by atoms with Crippen LogP contribution in [0.25, 0.3) is 0 Å². The van der Waals surface area contributed by atoms with E-state index in [0.717, 1.165) is 18.6 Å². The molecule has 1 aromatic carbocycles. The highest BCUT2D eigenvalue weighted by molar-refractivity contribution is 5.95. The van der Waals surface area contributed by atoms with Gasteiger partial charge in [0.25, 0.3) is 5.91 Å². The summed E-state index contributed by atoms with van der Waals surface area (Å²) >= 11 is 0. The second-order valence-electron chi connectivity index (χ2n) is 3.54. The highest BCUT2D eigenvalue weighted by Gasteiger charge is 2.03. The normalized spacial score (nSPS) is 11.3. The number of rotatable bonds is 4. The number of nitrogens with one attached hydrogen (secondary N) is 1. The van der Waals surface area contributed by atoms with Crippen molar-refractivity contribution >= 4 is 11.6 Å². The molecule has 0 aliphatic rings. The van der Waals surface area contributed by atoms with Gasteiger partial charge in [-0.15, -0.1) is 0 Å². The summed E-state index contributed by atoms with van der Waals surface area (Å²) in [6.07, 6.45) is 1.84. The highest BCUT2D eigenvalue weighted by Crippen LogP contribution is 2.02. The number of hydrogen-bond acceptors (Lipinski definition) is 2. The number of halogens is 1. The van der Waals surface area contributed by atoms with Gasteiger partial charge in [0.15, 0.2) is 0 Å². The average molecular weight is 222 g/mol. The van der Waals surface area contributed by atoms with Crippen LogP contribution in [0.15, 0.2) is 29.4 Å². The van der Waals surface area contributed by atoms with E-state index in [1.807, 2.05) is 13.8 Å². The molecule has 1 N–H and O–H groups in total. The molecule has 1 aromatic rings. The summed E-state index contributed by atoms with van der Waals surface area (Å²) in [5, 5.41) is 3.94. The van der Waals surface area contributed by atoms with Crippen molar-refractivity contribution in [3.05, 3.63) is 35.6 Å². The molecular formula is C12H15FN2O. The van der Waals surface area contributed by atoms with Crippen LogP contribution in [-0.2, 0) is 0 Å². The Labute approximate surface area is 94.4 Å². The predicted octanol–water partition coefficient (Wildman–Crippen LogP) is 2.73. The second-order valence-corrected chi connectivity index (χ2v) is 3.54. The van der Waals surface area contributed by atoms with Crippen LogP contribution in [0.1, 0.15) is 37.0 Å². The molecule has 0 saturated heterocycles. The maximum absolute atomic E-state index is 12.6. The molecule has 0 bridgehead atoms. The molecule has 3 nitrogen and oxygen atoms in total. The minimum absolute atomic E-state index is 0.324. The molecule has 0 atom stereocenters. The number of carbonyl (C=O) groups excluding carboxylic acids is 1. The van der Waals surface area contributed by atoms with Crippen LogP contribution in [0.2, 0.25) is 0 Å². The van der Waals surface area contributed by atoms with E-state index >= 15 is 0 Å². The molecular weight excluding hydrogens is 207 g/mol. The summed E-state index contributed by atoms with van der Waals surface area (Å²) < 4.78 is 12.6. The van der Waals surface area contributed by atoms with Crippen molar-refractivity contribution in [3.63, 3.8) is 0 Å². The summed E-state index contributed by atoms with van der Waals surface area (Å²) in [6, 6.07) is 5.35. The number of carbonyl (C=O) groups is 1. The first-order valence-electron chi connectivity index (χ1n) is 5.22. The van der Waals surface area contributed by atoms with E-state index in [4.69, 9.17) is 0 Å². The maximum Gasteiger partial charge on any atom is 0.271 e. The number of nitrogens with zero attached hydrogens (tertiary/aromatic N) is 1. The highest BCUT2D eigenvalue weighted by atomic mass is 19.1. The van der Waals surface area contributed by atoms with Gasteiger partial charge in [-0.05, 0) is 37.6 Å². The summed E-state index contributed by atoms with van der Waals surface area (Å²) in [5.41, 5.74) is 3.70. The van der Waals surface area contributed by atoms with Gasteiger partial charge in [-0.25, -0.2) is 9.82 Å². The quantitative estimate of drug-likeness (QED) is 0.617. The largest absolute Gasteiger partial charge is 0.271 e. The lowest BCUT2D eigenvalue weighted by Crippen LogP contribution is -2.18.